The number of carbonyl (C=O) groups excluding carboxylic acids is 1. The average molecular weight is 272 g/mol. The van der Waals surface area contributed by atoms with E-state index in [1.54, 1.807) is 0 Å². The first kappa shape index (κ1) is 14.0. The topological polar surface area (TPSA) is 41.6 Å². The number of nitrogens with one attached hydrogen (secondary N) is 1. The molecule has 0 aromatic carbocycles. The van der Waals surface area contributed by atoms with Crippen LogP contribution in [0, 0.1) is 0 Å². The van der Waals surface area contributed by atoms with Crippen LogP contribution in [-0.4, -0.2) is 54.3 Å². The highest BCUT2D eigenvalue weighted by molar-refractivity contribution is 7.99. The van der Waals surface area contributed by atoms with Crippen molar-refractivity contribution in [1.82, 2.24) is 10.2 Å². The zero-order chi connectivity index (χ0) is 13.0. The summed E-state index contributed by atoms with van der Waals surface area (Å²) in [7, 11) is 0. The highest BCUT2D eigenvalue weighted by Crippen LogP contribution is 2.28. The number of nitrogens with zero attached hydrogens (tertiary/aromatic N) is 1. The van der Waals surface area contributed by atoms with Gasteiger partial charge < -0.3 is 15.0 Å². The minimum absolute atomic E-state index is 0.108. The van der Waals surface area contributed by atoms with E-state index in [1.165, 1.54) is 12.8 Å². The number of thioether (sulfide) groups is 1. The van der Waals surface area contributed by atoms with Crippen LogP contribution >= 0.6 is 11.8 Å². The number of amides is 2. The molecule has 4 nitrogen and oxygen atoms in total. The molecule has 0 aromatic rings. The van der Waals surface area contributed by atoms with Gasteiger partial charge in [-0.25, -0.2) is 4.79 Å². The fourth-order valence-electron chi connectivity index (χ4n) is 2.88. The van der Waals surface area contributed by atoms with Gasteiger partial charge in [0, 0.05) is 17.8 Å². The Morgan fingerprint density at radius 2 is 2.33 bits per heavy atom. The Hall–Kier alpha value is -0.420. The van der Waals surface area contributed by atoms with Gasteiger partial charge in [-0.2, -0.15) is 11.8 Å². The molecule has 5 heteroatoms. The summed E-state index contributed by atoms with van der Waals surface area (Å²) in [5.74, 6) is 0. The number of hydrogen-bond acceptors (Lipinski definition) is 3. The lowest BCUT2D eigenvalue weighted by Gasteiger charge is -2.36. The number of morpholine rings is 1. The van der Waals surface area contributed by atoms with E-state index >= 15 is 0 Å². The largest absolute Gasteiger partial charge is 0.377 e. The van der Waals surface area contributed by atoms with Crippen molar-refractivity contribution in [1.29, 1.82) is 0 Å². The van der Waals surface area contributed by atoms with Crippen LogP contribution in [0.4, 0.5) is 4.79 Å². The van der Waals surface area contributed by atoms with E-state index in [9.17, 15) is 4.79 Å². The Labute approximate surface area is 114 Å². The van der Waals surface area contributed by atoms with Gasteiger partial charge in [-0.15, -0.1) is 0 Å². The first-order chi connectivity index (χ1) is 8.76. The molecule has 0 aromatic heterocycles. The summed E-state index contributed by atoms with van der Waals surface area (Å²) in [4.78, 5) is 14.3. The SMILES string of the molecule is CCC1COCCN1C(=O)NC1CCCC1SC. The van der Waals surface area contributed by atoms with Crippen LogP contribution < -0.4 is 5.32 Å². The number of rotatable bonds is 3. The molecule has 1 heterocycles. The van der Waals surface area contributed by atoms with E-state index < -0.39 is 0 Å². The maximum atomic E-state index is 12.3. The van der Waals surface area contributed by atoms with Gasteiger partial charge in [0.05, 0.1) is 19.3 Å². The molecule has 2 fully saturated rings. The Kier molecular flexibility index (Phi) is 5.18. The molecule has 104 valence electrons. The summed E-state index contributed by atoms with van der Waals surface area (Å²) < 4.78 is 5.44. The zero-order valence-electron chi connectivity index (χ0n) is 11.4. The molecule has 2 aliphatic rings. The molecule has 18 heavy (non-hydrogen) atoms. The normalized spacial score (nSPS) is 32.6. The molecule has 0 radical (unpaired) electrons. The summed E-state index contributed by atoms with van der Waals surface area (Å²) in [6, 6.07) is 0.705. The van der Waals surface area contributed by atoms with Crippen molar-refractivity contribution in [2.24, 2.45) is 0 Å². The molecule has 1 saturated carbocycles. The molecular weight excluding hydrogens is 248 g/mol. The molecular formula is C13H24N2O2S. The van der Waals surface area contributed by atoms with Gasteiger partial charge in [-0.1, -0.05) is 13.3 Å². The number of urea groups is 1. The minimum atomic E-state index is 0.108. The Morgan fingerprint density at radius 3 is 3.06 bits per heavy atom. The Balaban J connectivity index is 1.89. The summed E-state index contributed by atoms with van der Waals surface area (Å²) in [5.41, 5.74) is 0. The first-order valence-corrected chi connectivity index (χ1v) is 8.22. The highest BCUT2D eigenvalue weighted by Gasteiger charge is 2.31. The van der Waals surface area contributed by atoms with Crippen molar-refractivity contribution >= 4 is 17.8 Å². The van der Waals surface area contributed by atoms with E-state index in [1.807, 2.05) is 16.7 Å². The fraction of sp³-hybridized carbons (Fsp3) is 0.923. The third kappa shape index (κ3) is 3.12. The van der Waals surface area contributed by atoms with Gasteiger partial charge in [0.2, 0.25) is 0 Å². The third-order valence-corrected chi connectivity index (χ3v) is 5.19. The molecule has 3 atom stereocenters. The second-order valence-corrected chi connectivity index (χ2v) is 6.17. The first-order valence-electron chi connectivity index (χ1n) is 6.94. The second-order valence-electron chi connectivity index (χ2n) is 5.09. The summed E-state index contributed by atoms with van der Waals surface area (Å²) in [5, 5.41) is 3.82. The minimum Gasteiger partial charge on any atom is -0.377 e. The molecule has 0 spiro atoms. The third-order valence-electron chi connectivity index (χ3n) is 4.02. The molecule has 1 N–H and O–H groups in total. The summed E-state index contributed by atoms with van der Waals surface area (Å²) in [6.07, 6.45) is 6.68. The van der Waals surface area contributed by atoms with Crippen molar-refractivity contribution in [3.8, 4) is 0 Å². The van der Waals surface area contributed by atoms with Crippen molar-refractivity contribution in [3.63, 3.8) is 0 Å². The van der Waals surface area contributed by atoms with E-state index in [4.69, 9.17) is 4.74 Å². The number of hydrogen-bond donors (Lipinski definition) is 1. The molecule has 1 aliphatic heterocycles. The molecule has 2 rings (SSSR count). The standard InChI is InChI=1S/C13H24N2O2S/c1-3-10-9-17-8-7-15(10)13(16)14-11-5-4-6-12(11)18-2/h10-12H,3-9H2,1-2H3,(H,14,16). The summed E-state index contributed by atoms with van der Waals surface area (Å²) in [6.45, 7) is 4.18. The smallest absolute Gasteiger partial charge is 0.318 e. The number of carbonyl (C=O) groups is 1. The van der Waals surface area contributed by atoms with Crippen LogP contribution in [-0.2, 0) is 4.74 Å². The van der Waals surface area contributed by atoms with Gasteiger partial charge in [0.25, 0.3) is 0 Å². The van der Waals surface area contributed by atoms with Crippen LogP contribution in [0.25, 0.3) is 0 Å². The molecule has 3 unspecified atom stereocenters. The van der Waals surface area contributed by atoms with Crippen molar-refractivity contribution < 1.29 is 9.53 Å². The van der Waals surface area contributed by atoms with Crippen molar-refractivity contribution in [2.75, 3.05) is 26.0 Å². The maximum Gasteiger partial charge on any atom is 0.318 e. The quantitative estimate of drug-likeness (QED) is 0.855. The van der Waals surface area contributed by atoms with Crippen LogP contribution in [0.3, 0.4) is 0 Å². The van der Waals surface area contributed by atoms with E-state index in [0.717, 1.165) is 19.4 Å². The van der Waals surface area contributed by atoms with Crippen molar-refractivity contribution in [2.45, 2.75) is 49.9 Å². The van der Waals surface area contributed by atoms with Crippen LogP contribution in [0.15, 0.2) is 0 Å². The molecule has 1 saturated heterocycles. The van der Waals surface area contributed by atoms with E-state index in [0.29, 0.717) is 24.5 Å². The Bertz CT molecular complexity index is 288. The van der Waals surface area contributed by atoms with Gasteiger partial charge in [-0.05, 0) is 25.5 Å². The monoisotopic (exact) mass is 272 g/mol. The lowest BCUT2D eigenvalue weighted by molar-refractivity contribution is 0.0108. The fourth-order valence-corrected chi connectivity index (χ4v) is 3.81. The average Bonchev–Trinajstić information content (AvgIpc) is 2.85. The van der Waals surface area contributed by atoms with Crippen LogP contribution in [0.1, 0.15) is 32.6 Å². The lowest BCUT2D eigenvalue weighted by Crippen LogP contribution is -2.54. The molecule has 2 amide bonds. The van der Waals surface area contributed by atoms with Gasteiger partial charge in [-0.3, -0.25) is 0 Å². The lowest BCUT2D eigenvalue weighted by atomic mass is 10.2. The predicted molar refractivity (Wildman–Crippen MR) is 75.1 cm³/mol. The molecule has 1 aliphatic carbocycles. The van der Waals surface area contributed by atoms with Gasteiger partial charge >= 0.3 is 6.03 Å². The highest BCUT2D eigenvalue weighted by atomic mass is 32.2. The van der Waals surface area contributed by atoms with Gasteiger partial charge in [0.1, 0.15) is 0 Å². The van der Waals surface area contributed by atoms with Crippen LogP contribution in [0.5, 0.6) is 0 Å². The summed E-state index contributed by atoms with van der Waals surface area (Å²) >= 11 is 1.88. The van der Waals surface area contributed by atoms with Crippen molar-refractivity contribution in [3.05, 3.63) is 0 Å². The van der Waals surface area contributed by atoms with Crippen LogP contribution in [0.2, 0.25) is 0 Å². The van der Waals surface area contributed by atoms with E-state index in [-0.39, 0.29) is 12.1 Å². The zero-order valence-corrected chi connectivity index (χ0v) is 12.2. The van der Waals surface area contributed by atoms with E-state index in [2.05, 4.69) is 18.5 Å². The number of ether oxygens (including phenoxy) is 1. The molecule has 0 bridgehead atoms. The van der Waals surface area contributed by atoms with Gasteiger partial charge in [0.15, 0.2) is 0 Å². The maximum absolute atomic E-state index is 12.3. The second kappa shape index (κ2) is 6.66. The predicted octanol–water partition coefficient (Wildman–Crippen LogP) is 2.09. The Morgan fingerprint density at radius 1 is 1.50 bits per heavy atom.